The van der Waals surface area contributed by atoms with E-state index in [2.05, 4.69) is 56.2 Å². The normalized spacial score (nSPS) is 11.0. The summed E-state index contributed by atoms with van der Waals surface area (Å²) >= 11 is 0. The number of benzene rings is 2. The summed E-state index contributed by atoms with van der Waals surface area (Å²) in [5, 5.41) is 5.84. The summed E-state index contributed by atoms with van der Waals surface area (Å²) in [6.07, 6.45) is 0. The summed E-state index contributed by atoms with van der Waals surface area (Å²) in [7, 11) is 0. The van der Waals surface area contributed by atoms with E-state index >= 15 is 0 Å². The minimum atomic E-state index is 0.498. The highest BCUT2D eigenvalue weighted by Crippen LogP contribution is 2.23. The maximum absolute atomic E-state index is 5.99. The Kier molecular flexibility index (Phi) is 3.65. The third kappa shape index (κ3) is 2.64. The smallest absolute Gasteiger partial charge is 0.133 e. The molecule has 0 bridgehead atoms. The van der Waals surface area contributed by atoms with Crippen molar-refractivity contribution in [3.05, 3.63) is 59.3 Å². The van der Waals surface area contributed by atoms with Crippen LogP contribution < -0.4 is 4.74 Å². The second-order valence-electron chi connectivity index (χ2n) is 5.34. The van der Waals surface area contributed by atoms with Crippen molar-refractivity contribution in [2.45, 2.75) is 33.9 Å². The van der Waals surface area contributed by atoms with Crippen molar-refractivity contribution in [2.24, 2.45) is 0 Å². The molecule has 0 aliphatic heterocycles. The molecule has 0 saturated carbocycles. The molecular formula is C18H20N2O. The Labute approximate surface area is 125 Å². The molecule has 108 valence electrons. The standard InChI is InChI=1S/C18H20N2O/c1-4-20-17-8-6-5-7-15(17)16(19-20)12-21-18-11-13(2)9-10-14(18)3/h5-11H,4,12H2,1-3H3. The van der Waals surface area contributed by atoms with Crippen LogP contribution in [0.4, 0.5) is 0 Å². The SMILES string of the molecule is CCn1nc(COc2cc(C)ccc2C)c2ccccc21. The minimum Gasteiger partial charge on any atom is -0.487 e. The molecule has 0 atom stereocenters. The Hall–Kier alpha value is -2.29. The summed E-state index contributed by atoms with van der Waals surface area (Å²) in [6.45, 7) is 7.61. The second kappa shape index (κ2) is 5.60. The van der Waals surface area contributed by atoms with E-state index in [0.29, 0.717) is 6.61 Å². The number of hydrogen-bond donors (Lipinski definition) is 0. The van der Waals surface area contributed by atoms with Crippen molar-refractivity contribution in [3.8, 4) is 5.75 Å². The van der Waals surface area contributed by atoms with Gasteiger partial charge in [0.05, 0.1) is 5.52 Å². The van der Waals surface area contributed by atoms with E-state index in [4.69, 9.17) is 4.74 Å². The minimum absolute atomic E-state index is 0.498. The molecule has 0 fully saturated rings. The van der Waals surface area contributed by atoms with Gasteiger partial charge < -0.3 is 4.74 Å². The number of aryl methyl sites for hydroxylation is 3. The van der Waals surface area contributed by atoms with Gasteiger partial charge in [0.15, 0.2) is 0 Å². The molecule has 1 heterocycles. The lowest BCUT2D eigenvalue weighted by Gasteiger charge is -2.08. The molecule has 0 aliphatic rings. The Balaban J connectivity index is 1.90. The molecule has 2 aromatic carbocycles. The highest BCUT2D eigenvalue weighted by atomic mass is 16.5. The molecule has 3 nitrogen and oxygen atoms in total. The van der Waals surface area contributed by atoms with Gasteiger partial charge in [-0.1, -0.05) is 30.3 Å². The zero-order valence-electron chi connectivity index (χ0n) is 12.8. The second-order valence-corrected chi connectivity index (χ2v) is 5.34. The van der Waals surface area contributed by atoms with Crippen molar-refractivity contribution in [2.75, 3.05) is 0 Å². The fourth-order valence-corrected chi connectivity index (χ4v) is 2.55. The van der Waals surface area contributed by atoms with Crippen LogP contribution in [0.5, 0.6) is 5.75 Å². The predicted molar refractivity (Wildman–Crippen MR) is 85.7 cm³/mol. The quantitative estimate of drug-likeness (QED) is 0.714. The average molecular weight is 280 g/mol. The van der Waals surface area contributed by atoms with E-state index in [1.165, 1.54) is 16.5 Å². The van der Waals surface area contributed by atoms with Gasteiger partial charge in [0.25, 0.3) is 0 Å². The van der Waals surface area contributed by atoms with Gasteiger partial charge in [-0.25, -0.2) is 0 Å². The molecule has 0 aliphatic carbocycles. The van der Waals surface area contributed by atoms with E-state index in [0.717, 1.165) is 23.6 Å². The van der Waals surface area contributed by atoms with Crippen molar-refractivity contribution in [3.63, 3.8) is 0 Å². The van der Waals surface area contributed by atoms with Crippen LogP contribution in [0.2, 0.25) is 0 Å². The Bertz CT molecular complexity index is 774. The van der Waals surface area contributed by atoms with Gasteiger partial charge >= 0.3 is 0 Å². The molecule has 1 aromatic heterocycles. The first-order chi connectivity index (χ1) is 10.2. The Morgan fingerprint density at radius 1 is 1.10 bits per heavy atom. The third-order valence-corrected chi connectivity index (χ3v) is 3.74. The van der Waals surface area contributed by atoms with E-state index in [9.17, 15) is 0 Å². The zero-order chi connectivity index (χ0) is 14.8. The molecule has 0 radical (unpaired) electrons. The van der Waals surface area contributed by atoms with Gasteiger partial charge in [-0.15, -0.1) is 0 Å². The highest BCUT2D eigenvalue weighted by molar-refractivity contribution is 5.81. The summed E-state index contributed by atoms with van der Waals surface area (Å²) in [5.41, 5.74) is 4.52. The van der Waals surface area contributed by atoms with Crippen LogP contribution in [-0.4, -0.2) is 9.78 Å². The molecule has 0 amide bonds. The van der Waals surface area contributed by atoms with Crippen molar-refractivity contribution in [1.82, 2.24) is 9.78 Å². The first kappa shape index (κ1) is 13.7. The number of hydrogen-bond acceptors (Lipinski definition) is 2. The van der Waals surface area contributed by atoms with Crippen molar-refractivity contribution >= 4 is 10.9 Å². The van der Waals surface area contributed by atoms with E-state index in [1.807, 2.05) is 16.8 Å². The number of fused-ring (bicyclic) bond motifs is 1. The number of rotatable bonds is 4. The van der Waals surface area contributed by atoms with Gasteiger partial charge in [-0.3, -0.25) is 4.68 Å². The topological polar surface area (TPSA) is 27.1 Å². The molecule has 0 unspecified atom stereocenters. The third-order valence-electron chi connectivity index (χ3n) is 3.74. The lowest BCUT2D eigenvalue weighted by atomic mass is 10.1. The lowest BCUT2D eigenvalue weighted by molar-refractivity contribution is 0.298. The monoisotopic (exact) mass is 280 g/mol. The molecular weight excluding hydrogens is 260 g/mol. The van der Waals surface area contributed by atoms with Crippen LogP contribution in [0.25, 0.3) is 10.9 Å². The first-order valence-corrected chi connectivity index (χ1v) is 7.33. The van der Waals surface area contributed by atoms with Gasteiger partial charge in [0.2, 0.25) is 0 Å². The zero-order valence-corrected chi connectivity index (χ0v) is 12.8. The van der Waals surface area contributed by atoms with Crippen LogP contribution in [0.1, 0.15) is 23.7 Å². The highest BCUT2D eigenvalue weighted by Gasteiger charge is 2.10. The van der Waals surface area contributed by atoms with Crippen LogP contribution in [0, 0.1) is 13.8 Å². The van der Waals surface area contributed by atoms with Crippen LogP contribution >= 0.6 is 0 Å². The number of nitrogens with zero attached hydrogens (tertiary/aromatic N) is 2. The molecule has 0 N–H and O–H groups in total. The Morgan fingerprint density at radius 2 is 1.90 bits per heavy atom. The van der Waals surface area contributed by atoms with E-state index in [-0.39, 0.29) is 0 Å². The molecule has 3 aromatic rings. The fraction of sp³-hybridized carbons (Fsp3) is 0.278. The fourth-order valence-electron chi connectivity index (χ4n) is 2.55. The number of ether oxygens (including phenoxy) is 1. The van der Waals surface area contributed by atoms with Gasteiger partial charge in [0.1, 0.15) is 18.1 Å². The number of para-hydroxylation sites is 1. The summed E-state index contributed by atoms with van der Waals surface area (Å²) in [5.74, 6) is 0.935. The molecule has 0 spiro atoms. The maximum Gasteiger partial charge on any atom is 0.133 e. The van der Waals surface area contributed by atoms with Crippen molar-refractivity contribution in [1.29, 1.82) is 0 Å². The van der Waals surface area contributed by atoms with Gasteiger partial charge in [-0.2, -0.15) is 5.10 Å². The first-order valence-electron chi connectivity index (χ1n) is 7.33. The average Bonchev–Trinajstić information content (AvgIpc) is 2.86. The molecule has 3 rings (SSSR count). The maximum atomic E-state index is 5.99. The summed E-state index contributed by atoms with van der Waals surface area (Å²) in [4.78, 5) is 0. The van der Waals surface area contributed by atoms with Gasteiger partial charge in [-0.05, 0) is 44.0 Å². The molecule has 3 heteroatoms. The van der Waals surface area contributed by atoms with Crippen molar-refractivity contribution < 1.29 is 4.74 Å². The molecule has 21 heavy (non-hydrogen) atoms. The van der Waals surface area contributed by atoms with Crippen LogP contribution in [0.3, 0.4) is 0 Å². The van der Waals surface area contributed by atoms with Crippen LogP contribution in [0.15, 0.2) is 42.5 Å². The van der Waals surface area contributed by atoms with E-state index in [1.54, 1.807) is 0 Å². The lowest BCUT2D eigenvalue weighted by Crippen LogP contribution is -2.01. The van der Waals surface area contributed by atoms with Gasteiger partial charge in [0, 0.05) is 11.9 Å². The molecule has 0 saturated heterocycles. The summed E-state index contributed by atoms with van der Waals surface area (Å²) < 4.78 is 8.02. The Morgan fingerprint density at radius 3 is 2.71 bits per heavy atom. The number of aromatic nitrogens is 2. The summed E-state index contributed by atoms with van der Waals surface area (Å²) in [6, 6.07) is 14.6. The van der Waals surface area contributed by atoms with E-state index < -0.39 is 0 Å². The predicted octanol–water partition coefficient (Wildman–Crippen LogP) is 4.25. The van der Waals surface area contributed by atoms with Crippen LogP contribution in [-0.2, 0) is 13.2 Å². The largest absolute Gasteiger partial charge is 0.487 e.